The fraction of sp³-hybridized carbons (Fsp3) is 0.323. The summed E-state index contributed by atoms with van der Waals surface area (Å²) >= 11 is 1.52. The Kier molecular flexibility index (Phi) is 7.36. The zero-order valence-corrected chi connectivity index (χ0v) is 24.2. The van der Waals surface area contributed by atoms with E-state index in [1.807, 2.05) is 30.3 Å². The number of aromatic carboxylic acids is 1. The van der Waals surface area contributed by atoms with E-state index in [0.717, 1.165) is 77.1 Å². The molecule has 0 unspecified atom stereocenters. The minimum atomic E-state index is -0.942. The number of fused-ring (bicyclic) bond motifs is 2. The first-order chi connectivity index (χ1) is 21.0. The smallest absolute Gasteiger partial charge is 0.335 e. The quantitative estimate of drug-likeness (QED) is 0.263. The van der Waals surface area contributed by atoms with Crippen LogP contribution in [0.25, 0.3) is 21.3 Å². The molecule has 218 valence electrons. The van der Waals surface area contributed by atoms with Gasteiger partial charge in [0.15, 0.2) is 0 Å². The molecule has 7 rings (SSSR count). The lowest BCUT2D eigenvalue weighted by Gasteiger charge is -2.35. The van der Waals surface area contributed by atoms with E-state index in [2.05, 4.69) is 25.4 Å². The van der Waals surface area contributed by atoms with Crippen molar-refractivity contribution >= 4 is 44.4 Å². The summed E-state index contributed by atoms with van der Waals surface area (Å²) in [5, 5.41) is 19.5. The monoisotopic (exact) mass is 595 g/mol. The number of piperazine rings is 1. The molecule has 5 aromatic rings. The summed E-state index contributed by atoms with van der Waals surface area (Å²) in [5.41, 5.74) is 3.38. The Morgan fingerprint density at radius 3 is 2.67 bits per heavy atom. The van der Waals surface area contributed by atoms with E-state index in [9.17, 15) is 9.90 Å². The van der Waals surface area contributed by atoms with Crippen LogP contribution in [0.15, 0.2) is 54.6 Å². The van der Waals surface area contributed by atoms with Crippen LogP contribution in [0.3, 0.4) is 0 Å². The number of ether oxygens (including phenoxy) is 2. The number of thiazole rings is 1. The van der Waals surface area contributed by atoms with Gasteiger partial charge in [0.1, 0.15) is 23.3 Å². The number of hydrogen-bond donors (Lipinski definition) is 1. The SMILES string of the molecule is N#Cc1ccc2nc(COc3cccc(N4CCN(Cc5nc6ccc(C(=O)O)cc6n5C[C@@H]5CCO5)CC4)n3)sc2c1. The van der Waals surface area contributed by atoms with Gasteiger partial charge in [0.05, 0.1) is 57.6 Å². The second kappa shape index (κ2) is 11.6. The molecule has 3 aromatic heterocycles. The highest BCUT2D eigenvalue weighted by molar-refractivity contribution is 7.18. The first-order valence-electron chi connectivity index (χ1n) is 14.2. The lowest BCUT2D eigenvalue weighted by Crippen LogP contribution is -2.46. The molecule has 0 amide bonds. The van der Waals surface area contributed by atoms with E-state index in [4.69, 9.17) is 24.7 Å². The molecule has 0 spiro atoms. The van der Waals surface area contributed by atoms with Gasteiger partial charge < -0.3 is 24.0 Å². The van der Waals surface area contributed by atoms with Gasteiger partial charge in [0, 0.05) is 38.9 Å². The Hall–Kier alpha value is -4.57. The average molecular weight is 596 g/mol. The predicted molar refractivity (Wildman–Crippen MR) is 161 cm³/mol. The first kappa shape index (κ1) is 27.3. The Labute approximate surface area is 251 Å². The minimum Gasteiger partial charge on any atom is -0.478 e. The summed E-state index contributed by atoms with van der Waals surface area (Å²) in [6, 6.07) is 18.6. The number of anilines is 1. The third-order valence-corrected chi connectivity index (χ3v) is 8.92. The van der Waals surface area contributed by atoms with Gasteiger partial charge >= 0.3 is 5.97 Å². The summed E-state index contributed by atoms with van der Waals surface area (Å²) in [7, 11) is 0. The van der Waals surface area contributed by atoms with Crippen molar-refractivity contribution in [1.82, 2.24) is 24.4 Å². The van der Waals surface area contributed by atoms with E-state index < -0.39 is 5.97 Å². The van der Waals surface area contributed by atoms with Crippen LogP contribution < -0.4 is 9.64 Å². The number of aromatic nitrogens is 4. The standard InChI is InChI=1S/C31H29N7O4S/c32-16-20-4-6-24-26(14-20)43-30(34-24)19-42-29-3-1-2-27(35-29)37-11-9-36(10-12-37)18-28-33-23-7-5-21(31(39)40)15-25(23)38(28)17-22-8-13-41-22/h1-7,14-15,22H,8-13,17-19H2,(H,39,40)/t22-/m0/s1. The number of rotatable bonds is 9. The molecule has 12 heteroatoms. The van der Waals surface area contributed by atoms with Crippen molar-refractivity contribution in [3.8, 4) is 11.9 Å². The van der Waals surface area contributed by atoms with Crippen molar-refractivity contribution in [3.63, 3.8) is 0 Å². The Morgan fingerprint density at radius 1 is 1.07 bits per heavy atom. The lowest BCUT2D eigenvalue weighted by molar-refractivity contribution is -0.0592. The van der Waals surface area contributed by atoms with Gasteiger partial charge in [0.25, 0.3) is 0 Å². The van der Waals surface area contributed by atoms with Gasteiger partial charge in [-0.3, -0.25) is 4.90 Å². The van der Waals surface area contributed by atoms with Crippen LogP contribution in [-0.4, -0.2) is 74.4 Å². The summed E-state index contributed by atoms with van der Waals surface area (Å²) in [5.74, 6) is 1.40. The zero-order valence-electron chi connectivity index (χ0n) is 23.3. The molecule has 5 heterocycles. The molecule has 43 heavy (non-hydrogen) atoms. The molecule has 2 saturated heterocycles. The minimum absolute atomic E-state index is 0.133. The molecule has 2 aromatic carbocycles. The van der Waals surface area contributed by atoms with E-state index in [1.54, 1.807) is 24.3 Å². The van der Waals surface area contributed by atoms with Gasteiger partial charge in [0.2, 0.25) is 5.88 Å². The van der Waals surface area contributed by atoms with Gasteiger partial charge in [-0.05, 0) is 48.9 Å². The number of nitriles is 1. The lowest BCUT2D eigenvalue weighted by atomic mass is 10.1. The Bertz CT molecular complexity index is 1850. The van der Waals surface area contributed by atoms with Crippen LogP contribution in [0.4, 0.5) is 5.82 Å². The largest absolute Gasteiger partial charge is 0.478 e. The fourth-order valence-electron chi connectivity index (χ4n) is 5.50. The normalized spacial score (nSPS) is 17.2. The Morgan fingerprint density at radius 2 is 1.91 bits per heavy atom. The van der Waals surface area contributed by atoms with Crippen molar-refractivity contribution in [2.45, 2.75) is 32.2 Å². The number of nitrogens with zero attached hydrogens (tertiary/aromatic N) is 7. The highest BCUT2D eigenvalue weighted by Gasteiger charge is 2.25. The van der Waals surface area contributed by atoms with Crippen molar-refractivity contribution in [2.24, 2.45) is 0 Å². The molecule has 0 bridgehead atoms. The molecule has 1 atom stereocenters. The summed E-state index contributed by atoms with van der Waals surface area (Å²) < 4.78 is 14.8. The fourth-order valence-corrected chi connectivity index (χ4v) is 6.42. The number of pyridine rings is 1. The molecule has 0 aliphatic carbocycles. The molecular formula is C31H29N7O4S. The van der Waals surface area contributed by atoms with E-state index in [0.29, 0.717) is 31.1 Å². The molecule has 2 fully saturated rings. The Balaban J connectivity index is 0.996. The molecule has 2 aliphatic heterocycles. The maximum absolute atomic E-state index is 11.6. The van der Waals surface area contributed by atoms with Crippen LogP contribution in [0, 0.1) is 11.3 Å². The molecular weight excluding hydrogens is 566 g/mol. The van der Waals surface area contributed by atoms with E-state index in [1.165, 1.54) is 11.3 Å². The molecule has 2 aliphatic rings. The van der Waals surface area contributed by atoms with Crippen molar-refractivity contribution in [2.75, 3.05) is 37.7 Å². The van der Waals surface area contributed by atoms with Crippen molar-refractivity contribution < 1.29 is 19.4 Å². The number of carboxylic acid groups (broad SMARTS) is 1. The van der Waals surface area contributed by atoms with Gasteiger partial charge in [-0.1, -0.05) is 6.07 Å². The summed E-state index contributed by atoms with van der Waals surface area (Å²) in [6.07, 6.45) is 1.13. The number of carbonyl (C=O) groups is 1. The van der Waals surface area contributed by atoms with Crippen LogP contribution in [0.2, 0.25) is 0 Å². The molecule has 1 N–H and O–H groups in total. The second-order valence-electron chi connectivity index (χ2n) is 10.7. The van der Waals surface area contributed by atoms with E-state index in [-0.39, 0.29) is 11.7 Å². The van der Waals surface area contributed by atoms with Gasteiger partial charge in [-0.25, -0.2) is 14.8 Å². The zero-order chi connectivity index (χ0) is 29.3. The number of benzene rings is 2. The number of hydrogen-bond acceptors (Lipinski definition) is 10. The highest BCUT2D eigenvalue weighted by atomic mass is 32.1. The maximum atomic E-state index is 11.6. The predicted octanol–water partition coefficient (Wildman–Crippen LogP) is 4.30. The van der Waals surface area contributed by atoms with Crippen molar-refractivity contribution in [1.29, 1.82) is 5.26 Å². The maximum Gasteiger partial charge on any atom is 0.335 e. The number of imidazole rings is 1. The second-order valence-corrected chi connectivity index (χ2v) is 11.8. The average Bonchev–Trinajstić information content (AvgIpc) is 3.57. The topological polar surface area (TPSA) is 130 Å². The van der Waals surface area contributed by atoms with Crippen LogP contribution in [0.5, 0.6) is 5.88 Å². The van der Waals surface area contributed by atoms with Crippen molar-refractivity contribution in [3.05, 3.63) is 76.6 Å². The molecule has 0 radical (unpaired) electrons. The van der Waals surface area contributed by atoms with Gasteiger partial charge in [-0.2, -0.15) is 10.2 Å². The third kappa shape index (κ3) is 5.75. The van der Waals surface area contributed by atoms with Crippen LogP contribution >= 0.6 is 11.3 Å². The summed E-state index contributed by atoms with van der Waals surface area (Å²) in [4.78, 5) is 30.5. The summed E-state index contributed by atoms with van der Waals surface area (Å²) in [6.45, 7) is 5.72. The highest BCUT2D eigenvalue weighted by Crippen LogP contribution is 2.26. The number of carboxylic acids is 1. The van der Waals surface area contributed by atoms with Crippen LogP contribution in [0.1, 0.15) is 33.2 Å². The molecule has 11 nitrogen and oxygen atoms in total. The molecule has 0 saturated carbocycles. The first-order valence-corrected chi connectivity index (χ1v) is 15.0. The third-order valence-electron chi connectivity index (χ3n) is 7.93. The van der Waals surface area contributed by atoms with Crippen LogP contribution in [-0.2, 0) is 24.4 Å². The van der Waals surface area contributed by atoms with Gasteiger partial charge in [-0.15, -0.1) is 11.3 Å². The van der Waals surface area contributed by atoms with E-state index >= 15 is 0 Å².